The zero-order valence-electron chi connectivity index (χ0n) is 19.5. The molecule has 18 nitrogen and oxygen atoms in total. The molecule has 2 aliphatic rings. The van der Waals surface area contributed by atoms with Crippen LogP contribution in [0.25, 0.3) is 0 Å². The number of carbonyl (C=O) groups excluding carboxylic acids is 2. The third kappa shape index (κ3) is 5.43. The Morgan fingerprint density at radius 3 is 2.66 bits per heavy atom. The number of hydrogen-bond donors (Lipinski definition) is 6. The number of β-lactam (4-membered cyclic amide) rings is 1. The van der Waals surface area contributed by atoms with Gasteiger partial charge >= 0.3 is 16.3 Å². The number of nitrogens with two attached hydrogens (primary N) is 3. The van der Waals surface area contributed by atoms with Gasteiger partial charge in [0, 0.05) is 18.2 Å². The van der Waals surface area contributed by atoms with Gasteiger partial charge in [-0.15, -0.1) is 11.3 Å². The van der Waals surface area contributed by atoms with Gasteiger partial charge in [-0.1, -0.05) is 5.16 Å². The average Bonchev–Trinajstić information content (AvgIpc) is 3.27. The quantitative estimate of drug-likeness (QED) is 0.0648. The Labute approximate surface area is 218 Å². The zero-order valence-corrected chi connectivity index (χ0v) is 21.1. The number of carboxylic acid groups (broad SMARTS) is 1. The maximum atomic E-state index is 13.1. The number of nitrogens with one attached hydrogen (secondary N) is 1. The predicted molar refractivity (Wildman–Crippen MR) is 128 cm³/mol. The lowest BCUT2D eigenvalue weighted by Crippen LogP contribution is -2.73. The minimum atomic E-state index is -5.00. The first-order valence-corrected chi connectivity index (χ1v) is 13.3. The molecule has 3 atom stereocenters. The second kappa shape index (κ2) is 10.2. The second-order valence-corrected chi connectivity index (χ2v) is 10.7. The van der Waals surface area contributed by atoms with Crippen LogP contribution >= 0.6 is 11.3 Å². The number of oxime groups is 1. The molecule has 2 aromatic rings. The maximum absolute atomic E-state index is 13.1. The van der Waals surface area contributed by atoms with Gasteiger partial charge in [-0.05, 0) is 13.0 Å². The fourth-order valence-electron chi connectivity index (χ4n) is 3.61. The van der Waals surface area contributed by atoms with E-state index >= 15 is 0 Å². The van der Waals surface area contributed by atoms with Crippen LogP contribution < -0.4 is 22.5 Å². The van der Waals surface area contributed by atoms with Crippen molar-refractivity contribution in [1.82, 2.24) is 29.6 Å². The molecule has 0 radical (unpaired) electrons. The Morgan fingerprint density at radius 1 is 1.39 bits per heavy atom. The van der Waals surface area contributed by atoms with Crippen LogP contribution in [0.5, 0.6) is 0 Å². The molecule has 9 N–H and O–H groups in total. The topological polar surface area (TPSA) is 284 Å². The normalized spacial score (nSPS) is 21.5. The lowest BCUT2D eigenvalue weighted by atomic mass is 9.98. The number of carboxylic acids is 1. The maximum Gasteiger partial charge on any atom is 0.362 e. The van der Waals surface area contributed by atoms with Crippen molar-refractivity contribution < 1.29 is 37.3 Å². The van der Waals surface area contributed by atoms with Crippen LogP contribution in [-0.2, 0) is 36.1 Å². The van der Waals surface area contributed by atoms with Crippen molar-refractivity contribution >= 4 is 50.3 Å². The Hall–Kier alpha value is -3.72. The Balaban J connectivity index is 1.57. The van der Waals surface area contributed by atoms with E-state index < -0.39 is 57.5 Å². The van der Waals surface area contributed by atoms with Crippen molar-refractivity contribution in [2.24, 2.45) is 16.6 Å². The molecule has 1 aliphatic carbocycles. The number of carbonyl (C=O) groups is 3. The van der Waals surface area contributed by atoms with Crippen LogP contribution in [0.4, 0.5) is 5.13 Å². The van der Waals surface area contributed by atoms with Gasteiger partial charge in [-0.2, -0.15) is 23.4 Å². The van der Waals surface area contributed by atoms with Gasteiger partial charge < -0.3 is 32.5 Å². The van der Waals surface area contributed by atoms with Gasteiger partial charge in [0.05, 0.1) is 24.5 Å². The number of amides is 2. The van der Waals surface area contributed by atoms with E-state index in [0.29, 0.717) is 18.7 Å². The van der Waals surface area contributed by atoms with Crippen LogP contribution in [0.2, 0.25) is 0 Å². The van der Waals surface area contributed by atoms with Gasteiger partial charge in [-0.3, -0.25) is 14.1 Å². The highest BCUT2D eigenvalue weighted by Gasteiger charge is 2.56. The molecular formula is C18H24N10O8S2. The van der Waals surface area contributed by atoms with Crippen molar-refractivity contribution in [2.45, 2.75) is 49.5 Å². The average molecular weight is 573 g/mol. The number of anilines is 1. The standard InChI is InChI=1S/C18H24N10O8S2/c19-4-1-8(20)9-5-22-27(25-9)6-11-13(15(30)28(11)38(33,34)35)24-14(29)12(10-7-37-17(21)23-10)26-36-18(2-3-18)16(31)32/h5,7-8,11,13H,1-4,6,19-20H2,(H2,21,23)(H,24,29)(H,31,32)(H,33,34,35)/b26-12-/t8-,11-,13+/m1/s1. The van der Waals surface area contributed by atoms with E-state index in [1.807, 2.05) is 0 Å². The molecule has 20 heteroatoms. The lowest BCUT2D eigenvalue weighted by Gasteiger charge is -2.43. The van der Waals surface area contributed by atoms with Crippen LogP contribution in [0.1, 0.15) is 36.7 Å². The number of rotatable bonds is 12. The molecule has 3 heterocycles. The smallest absolute Gasteiger partial charge is 0.362 e. The first-order chi connectivity index (χ1) is 17.9. The van der Waals surface area contributed by atoms with Crippen molar-refractivity contribution in [2.75, 3.05) is 12.3 Å². The van der Waals surface area contributed by atoms with Gasteiger partial charge in [0.25, 0.3) is 11.8 Å². The number of thiazole rings is 1. The fraction of sp³-hybridized carbons (Fsp3) is 0.500. The summed E-state index contributed by atoms with van der Waals surface area (Å²) in [6.45, 7) is -0.0534. The van der Waals surface area contributed by atoms with Crippen molar-refractivity contribution in [3.05, 3.63) is 23.0 Å². The van der Waals surface area contributed by atoms with E-state index in [1.165, 1.54) is 11.6 Å². The minimum Gasteiger partial charge on any atom is -0.478 e. The first kappa shape index (κ1) is 27.3. The molecule has 0 unspecified atom stereocenters. The zero-order chi connectivity index (χ0) is 27.8. The largest absolute Gasteiger partial charge is 0.478 e. The first-order valence-electron chi connectivity index (χ1n) is 11.0. The lowest BCUT2D eigenvalue weighted by molar-refractivity contribution is -0.153. The molecule has 1 saturated heterocycles. The molecule has 0 aromatic carbocycles. The molecule has 2 fully saturated rings. The summed E-state index contributed by atoms with van der Waals surface area (Å²) in [6.07, 6.45) is 2.09. The molecule has 38 heavy (non-hydrogen) atoms. The molecular weight excluding hydrogens is 548 g/mol. The van der Waals surface area contributed by atoms with Crippen molar-refractivity contribution in [3.63, 3.8) is 0 Å². The number of hydrogen-bond acceptors (Lipinski definition) is 14. The number of aromatic nitrogens is 4. The third-order valence-corrected chi connectivity index (χ3v) is 7.47. The Kier molecular flexibility index (Phi) is 7.34. The van der Waals surface area contributed by atoms with Gasteiger partial charge in [0.15, 0.2) is 10.8 Å². The predicted octanol–water partition coefficient (Wildman–Crippen LogP) is -2.80. The summed E-state index contributed by atoms with van der Waals surface area (Å²) in [5.74, 6) is -3.44. The summed E-state index contributed by atoms with van der Waals surface area (Å²) in [4.78, 5) is 47.3. The summed E-state index contributed by atoms with van der Waals surface area (Å²) < 4.78 is 33.4. The number of nitrogen functional groups attached to an aromatic ring is 1. The minimum absolute atomic E-state index is 0.0616. The highest BCUT2D eigenvalue weighted by atomic mass is 32.2. The molecule has 0 bridgehead atoms. The summed E-state index contributed by atoms with van der Waals surface area (Å²) >= 11 is 0.967. The van der Waals surface area contributed by atoms with Gasteiger partial charge in [-0.25, -0.2) is 14.1 Å². The summed E-state index contributed by atoms with van der Waals surface area (Å²) in [5.41, 5.74) is 15.3. The van der Waals surface area contributed by atoms with E-state index in [9.17, 15) is 32.5 Å². The van der Waals surface area contributed by atoms with Crippen LogP contribution in [0, 0.1) is 0 Å². The van der Waals surface area contributed by atoms with Crippen LogP contribution in [0.15, 0.2) is 16.7 Å². The van der Waals surface area contributed by atoms with Crippen molar-refractivity contribution in [1.29, 1.82) is 0 Å². The molecule has 1 aliphatic heterocycles. The Bertz CT molecular complexity index is 1380. The SMILES string of the molecule is NCC[C@@H](N)c1cnn(C[C@@H]2[C@H](NC(=O)/C(=N\OC3(C(=O)O)CC3)c3csc(N)n3)C(=O)N2S(=O)(=O)O)n1. The molecule has 2 amide bonds. The summed E-state index contributed by atoms with van der Waals surface area (Å²) in [7, 11) is -5.00. The molecule has 1 saturated carbocycles. The molecule has 0 spiro atoms. The van der Waals surface area contributed by atoms with E-state index in [0.717, 1.165) is 16.1 Å². The Morgan fingerprint density at radius 2 is 2.11 bits per heavy atom. The molecule has 206 valence electrons. The second-order valence-electron chi connectivity index (χ2n) is 8.54. The van der Waals surface area contributed by atoms with E-state index in [-0.39, 0.29) is 34.5 Å². The summed E-state index contributed by atoms with van der Waals surface area (Å²) in [6, 6.07) is -3.33. The number of aliphatic carboxylic acids is 1. The molecule has 4 rings (SSSR count). The fourth-order valence-corrected chi connectivity index (χ4v) is 5.02. The number of nitrogens with zero attached hydrogens (tertiary/aromatic N) is 6. The van der Waals surface area contributed by atoms with Crippen molar-refractivity contribution in [3.8, 4) is 0 Å². The van der Waals surface area contributed by atoms with E-state index in [2.05, 4.69) is 25.7 Å². The monoisotopic (exact) mass is 572 g/mol. The highest BCUT2D eigenvalue weighted by molar-refractivity contribution is 7.84. The van der Waals surface area contributed by atoms with Gasteiger partial charge in [0.1, 0.15) is 17.8 Å². The third-order valence-electron chi connectivity index (χ3n) is 5.85. The molecule has 2 aromatic heterocycles. The highest BCUT2D eigenvalue weighted by Crippen LogP contribution is 2.40. The van der Waals surface area contributed by atoms with Crippen LogP contribution in [0.3, 0.4) is 0 Å². The summed E-state index contributed by atoms with van der Waals surface area (Å²) in [5, 5.41) is 24.9. The van der Waals surface area contributed by atoms with E-state index in [4.69, 9.17) is 22.0 Å². The van der Waals surface area contributed by atoms with Gasteiger partial charge in [0.2, 0.25) is 5.60 Å². The van der Waals surface area contributed by atoms with E-state index in [1.54, 1.807) is 0 Å². The van der Waals surface area contributed by atoms with Crippen LogP contribution in [-0.4, -0.2) is 90.1 Å².